The maximum absolute atomic E-state index is 7.40. The molecule has 0 aromatic carbocycles. The largest absolute Gasteiger partial charge is 0.480 e. The normalized spacial score (nSPS) is 9.31. The van der Waals surface area contributed by atoms with Crippen LogP contribution in [0, 0.1) is 5.41 Å². The molecule has 1 heterocycles. The van der Waals surface area contributed by atoms with Crippen LogP contribution in [-0.4, -0.2) is 18.0 Å². The van der Waals surface area contributed by atoms with Crippen molar-refractivity contribution in [1.29, 1.82) is 5.41 Å². The van der Waals surface area contributed by atoms with Gasteiger partial charge in [0.05, 0.1) is 7.11 Å². The van der Waals surface area contributed by atoms with E-state index in [1.54, 1.807) is 0 Å². The standard InChI is InChI=1S/C7H10N4OS/c1-3-10-6-4(5(8)12-2)11-7(9)13-6/h3,8,10H,1H2,2H3,(H2,9,11). The SMILES string of the molecule is C=CNc1sc(N)nc1C(=N)OC. The number of hydrogen-bond donors (Lipinski definition) is 3. The molecule has 0 aliphatic carbocycles. The van der Waals surface area contributed by atoms with Gasteiger partial charge in [-0.25, -0.2) is 4.98 Å². The number of nitrogen functional groups attached to an aromatic ring is 1. The number of ether oxygens (including phenoxy) is 1. The number of nitrogens with two attached hydrogens (primary N) is 1. The van der Waals surface area contributed by atoms with Crippen LogP contribution in [0.25, 0.3) is 0 Å². The summed E-state index contributed by atoms with van der Waals surface area (Å²) in [5.74, 6) is -0.0164. The van der Waals surface area contributed by atoms with Crippen molar-refractivity contribution in [3.8, 4) is 0 Å². The lowest BCUT2D eigenvalue weighted by molar-refractivity contribution is 0.400. The van der Waals surface area contributed by atoms with Crippen LogP contribution in [0.15, 0.2) is 12.8 Å². The second-order valence-corrected chi connectivity index (χ2v) is 3.14. The first-order chi connectivity index (χ1) is 6.19. The maximum Gasteiger partial charge on any atom is 0.235 e. The molecular formula is C7H10N4OS. The average Bonchev–Trinajstić information content (AvgIpc) is 2.46. The lowest BCUT2D eigenvalue weighted by atomic mass is 10.4. The Morgan fingerprint density at radius 1 is 1.85 bits per heavy atom. The van der Waals surface area contributed by atoms with Crippen LogP contribution in [-0.2, 0) is 4.74 Å². The number of hydrogen-bond acceptors (Lipinski definition) is 6. The van der Waals surface area contributed by atoms with Crippen LogP contribution in [0.1, 0.15) is 5.69 Å². The monoisotopic (exact) mass is 198 g/mol. The minimum atomic E-state index is -0.0164. The highest BCUT2D eigenvalue weighted by molar-refractivity contribution is 7.19. The number of anilines is 2. The van der Waals surface area contributed by atoms with Crippen LogP contribution >= 0.6 is 11.3 Å². The van der Waals surface area contributed by atoms with E-state index in [0.29, 0.717) is 15.8 Å². The molecule has 0 saturated heterocycles. The van der Waals surface area contributed by atoms with Crippen molar-refractivity contribution in [2.75, 3.05) is 18.2 Å². The first-order valence-electron chi connectivity index (χ1n) is 3.45. The third-order valence-electron chi connectivity index (χ3n) is 1.30. The molecule has 0 amide bonds. The molecule has 1 rings (SSSR count). The van der Waals surface area contributed by atoms with E-state index >= 15 is 0 Å². The number of nitrogens with zero attached hydrogens (tertiary/aromatic N) is 1. The van der Waals surface area contributed by atoms with Crippen molar-refractivity contribution >= 4 is 27.4 Å². The van der Waals surface area contributed by atoms with Crippen molar-refractivity contribution < 1.29 is 4.74 Å². The topological polar surface area (TPSA) is 84.0 Å². The Morgan fingerprint density at radius 3 is 3.08 bits per heavy atom. The van der Waals surface area contributed by atoms with E-state index in [1.807, 2.05) is 0 Å². The van der Waals surface area contributed by atoms with Gasteiger partial charge in [-0.1, -0.05) is 17.9 Å². The second-order valence-electron chi connectivity index (χ2n) is 2.11. The van der Waals surface area contributed by atoms with Gasteiger partial charge in [0.2, 0.25) is 5.90 Å². The third-order valence-corrected chi connectivity index (χ3v) is 2.11. The van der Waals surface area contributed by atoms with Crippen LogP contribution in [0.5, 0.6) is 0 Å². The molecule has 0 saturated carbocycles. The predicted octanol–water partition coefficient (Wildman–Crippen LogP) is 1.25. The Bertz CT molecular complexity index is 333. The molecule has 70 valence electrons. The fourth-order valence-corrected chi connectivity index (χ4v) is 1.50. The zero-order chi connectivity index (χ0) is 9.84. The molecule has 1 aromatic heterocycles. The van der Waals surface area contributed by atoms with E-state index < -0.39 is 0 Å². The average molecular weight is 198 g/mol. The van der Waals surface area contributed by atoms with Gasteiger partial charge in [0.15, 0.2) is 10.8 Å². The van der Waals surface area contributed by atoms with Gasteiger partial charge in [-0.15, -0.1) is 0 Å². The van der Waals surface area contributed by atoms with E-state index in [1.165, 1.54) is 24.6 Å². The molecule has 0 radical (unpaired) electrons. The van der Waals surface area contributed by atoms with Crippen molar-refractivity contribution in [2.24, 2.45) is 0 Å². The number of methoxy groups -OCH3 is 1. The van der Waals surface area contributed by atoms with E-state index in [0.717, 1.165) is 0 Å². The summed E-state index contributed by atoms with van der Waals surface area (Å²) in [5.41, 5.74) is 5.89. The molecule has 0 spiro atoms. The molecule has 0 bridgehead atoms. The summed E-state index contributed by atoms with van der Waals surface area (Å²) < 4.78 is 4.73. The van der Waals surface area contributed by atoms with Gasteiger partial charge in [-0.3, -0.25) is 5.41 Å². The van der Waals surface area contributed by atoms with Crippen LogP contribution in [0.3, 0.4) is 0 Å². The summed E-state index contributed by atoms with van der Waals surface area (Å²) >= 11 is 1.25. The summed E-state index contributed by atoms with van der Waals surface area (Å²) in [6.07, 6.45) is 1.50. The van der Waals surface area contributed by atoms with Crippen molar-refractivity contribution in [3.05, 3.63) is 18.5 Å². The molecule has 5 nitrogen and oxygen atoms in total. The Hall–Kier alpha value is -1.56. The first kappa shape index (κ1) is 9.53. The maximum atomic E-state index is 7.40. The van der Waals surface area contributed by atoms with Crippen LogP contribution in [0.4, 0.5) is 10.1 Å². The van der Waals surface area contributed by atoms with Crippen molar-refractivity contribution in [1.82, 2.24) is 4.98 Å². The zero-order valence-electron chi connectivity index (χ0n) is 7.13. The van der Waals surface area contributed by atoms with E-state index in [2.05, 4.69) is 16.9 Å². The van der Waals surface area contributed by atoms with Crippen molar-refractivity contribution in [3.63, 3.8) is 0 Å². The van der Waals surface area contributed by atoms with Gasteiger partial charge in [0.1, 0.15) is 5.00 Å². The Balaban J connectivity index is 3.03. The molecule has 1 aromatic rings. The molecule has 0 aliphatic heterocycles. The molecule has 0 fully saturated rings. The number of thiazole rings is 1. The summed E-state index contributed by atoms with van der Waals surface area (Å²) in [4.78, 5) is 3.94. The lowest BCUT2D eigenvalue weighted by Crippen LogP contribution is -2.04. The zero-order valence-corrected chi connectivity index (χ0v) is 7.94. The summed E-state index contributed by atoms with van der Waals surface area (Å²) in [5, 5.41) is 11.3. The molecule has 4 N–H and O–H groups in total. The summed E-state index contributed by atoms with van der Waals surface area (Å²) in [7, 11) is 1.41. The van der Waals surface area contributed by atoms with Crippen LogP contribution in [0.2, 0.25) is 0 Å². The molecule has 0 aliphatic rings. The smallest absolute Gasteiger partial charge is 0.235 e. The fraction of sp³-hybridized carbons (Fsp3) is 0.143. The minimum absolute atomic E-state index is 0.0164. The number of aromatic nitrogens is 1. The van der Waals surface area contributed by atoms with E-state index in [-0.39, 0.29) is 5.90 Å². The number of nitrogens with one attached hydrogen (secondary N) is 2. The quantitative estimate of drug-likeness (QED) is 0.504. The van der Waals surface area contributed by atoms with Gasteiger partial charge >= 0.3 is 0 Å². The molecule has 0 atom stereocenters. The lowest BCUT2D eigenvalue weighted by Gasteiger charge is -2.00. The second kappa shape index (κ2) is 3.90. The third kappa shape index (κ3) is 1.97. The molecule has 0 unspecified atom stereocenters. The Labute approximate surface area is 79.8 Å². The Morgan fingerprint density at radius 2 is 2.54 bits per heavy atom. The molecule has 6 heteroatoms. The highest BCUT2D eigenvalue weighted by Crippen LogP contribution is 2.26. The van der Waals surface area contributed by atoms with Crippen LogP contribution < -0.4 is 11.1 Å². The number of rotatable bonds is 3. The van der Waals surface area contributed by atoms with Gasteiger partial charge in [0, 0.05) is 0 Å². The first-order valence-corrected chi connectivity index (χ1v) is 4.27. The highest BCUT2D eigenvalue weighted by atomic mass is 32.1. The van der Waals surface area contributed by atoms with E-state index in [4.69, 9.17) is 15.9 Å². The van der Waals surface area contributed by atoms with Gasteiger partial charge in [-0.2, -0.15) is 0 Å². The van der Waals surface area contributed by atoms with Crippen molar-refractivity contribution in [2.45, 2.75) is 0 Å². The summed E-state index contributed by atoms with van der Waals surface area (Å²) in [6.45, 7) is 3.51. The van der Waals surface area contributed by atoms with E-state index in [9.17, 15) is 0 Å². The summed E-state index contributed by atoms with van der Waals surface area (Å²) in [6, 6.07) is 0. The predicted molar refractivity (Wildman–Crippen MR) is 54.2 cm³/mol. The van der Waals surface area contributed by atoms with Gasteiger partial charge < -0.3 is 15.8 Å². The van der Waals surface area contributed by atoms with Gasteiger partial charge in [0.25, 0.3) is 0 Å². The minimum Gasteiger partial charge on any atom is -0.480 e. The fourth-order valence-electron chi connectivity index (χ4n) is 0.778. The van der Waals surface area contributed by atoms with Gasteiger partial charge in [-0.05, 0) is 6.20 Å². The Kier molecular flexibility index (Phi) is 2.86. The molecule has 13 heavy (non-hydrogen) atoms. The molecular weight excluding hydrogens is 188 g/mol. The highest BCUT2D eigenvalue weighted by Gasteiger charge is 2.13.